The minimum Gasteiger partial charge on any atom is -0.324 e. The number of aromatic nitrogens is 2. The summed E-state index contributed by atoms with van der Waals surface area (Å²) in [6.07, 6.45) is 1.81. The molecule has 1 heterocycles. The average Bonchev–Trinajstić information content (AvgIpc) is 2.29. The molecule has 2 aromatic rings. The van der Waals surface area contributed by atoms with Gasteiger partial charge in [-0.05, 0) is 19.9 Å². The third kappa shape index (κ3) is 2.53. The van der Waals surface area contributed by atoms with E-state index in [0.29, 0.717) is 0 Å². The van der Waals surface area contributed by atoms with Crippen molar-refractivity contribution in [3.63, 3.8) is 0 Å². The predicted octanol–water partition coefficient (Wildman–Crippen LogP) is 3.23. The van der Waals surface area contributed by atoms with Crippen LogP contribution in [-0.4, -0.2) is 9.97 Å². The van der Waals surface area contributed by atoms with Gasteiger partial charge in [-0.2, -0.15) is 0 Å². The van der Waals surface area contributed by atoms with Gasteiger partial charge >= 0.3 is 0 Å². The minimum atomic E-state index is -0.0386. The SMILES string of the molecule is Cc1nc(-c2ccccc2Br)ncc1[C@@H](C)N. The molecule has 0 aliphatic heterocycles. The highest BCUT2D eigenvalue weighted by Gasteiger charge is 2.10. The summed E-state index contributed by atoms with van der Waals surface area (Å²) < 4.78 is 0.993. The largest absolute Gasteiger partial charge is 0.324 e. The lowest BCUT2D eigenvalue weighted by Crippen LogP contribution is -2.09. The Morgan fingerprint density at radius 1 is 1.29 bits per heavy atom. The van der Waals surface area contributed by atoms with Crippen LogP contribution in [0.4, 0.5) is 0 Å². The summed E-state index contributed by atoms with van der Waals surface area (Å²) in [6.45, 7) is 3.89. The monoisotopic (exact) mass is 291 g/mol. The lowest BCUT2D eigenvalue weighted by atomic mass is 10.1. The van der Waals surface area contributed by atoms with Gasteiger partial charge in [0.2, 0.25) is 0 Å². The lowest BCUT2D eigenvalue weighted by molar-refractivity contribution is 0.790. The molecule has 0 aliphatic rings. The first kappa shape index (κ1) is 12.2. The first-order chi connectivity index (χ1) is 8.09. The Bertz CT molecular complexity index is 538. The Hall–Kier alpha value is -1.26. The number of hydrogen-bond donors (Lipinski definition) is 1. The van der Waals surface area contributed by atoms with E-state index in [2.05, 4.69) is 25.9 Å². The van der Waals surface area contributed by atoms with Crippen LogP contribution in [0.15, 0.2) is 34.9 Å². The van der Waals surface area contributed by atoms with Crippen LogP contribution in [0.1, 0.15) is 24.2 Å². The molecule has 88 valence electrons. The molecule has 0 aliphatic carbocycles. The van der Waals surface area contributed by atoms with Gasteiger partial charge in [-0.25, -0.2) is 9.97 Å². The van der Waals surface area contributed by atoms with E-state index in [1.807, 2.05) is 44.3 Å². The number of rotatable bonds is 2. The van der Waals surface area contributed by atoms with Gasteiger partial charge in [0.05, 0.1) is 0 Å². The first-order valence-corrected chi connectivity index (χ1v) is 6.23. The summed E-state index contributed by atoms with van der Waals surface area (Å²) >= 11 is 3.50. The molecule has 1 atom stereocenters. The molecule has 0 radical (unpaired) electrons. The second-order valence-corrected chi connectivity index (χ2v) is 4.86. The Labute approximate surface area is 109 Å². The van der Waals surface area contributed by atoms with Crippen molar-refractivity contribution in [1.82, 2.24) is 9.97 Å². The molecule has 3 nitrogen and oxygen atoms in total. The average molecular weight is 292 g/mol. The van der Waals surface area contributed by atoms with Crippen molar-refractivity contribution >= 4 is 15.9 Å². The fourth-order valence-electron chi connectivity index (χ4n) is 1.70. The van der Waals surface area contributed by atoms with Crippen LogP contribution in [-0.2, 0) is 0 Å². The number of benzene rings is 1. The molecule has 2 N–H and O–H groups in total. The topological polar surface area (TPSA) is 51.8 Å². The summed E-state index contributed by atoms with van der Waals surface area (Å²) in [6, 6.07) is 7.87. The second kappa shape index (κ2) is 4.94. The molecule has 0 saturated heterocycles. The van der Waals surface area contributed by atoms with Gasteiger partial charge in [0.25, 0.3) is 0 Å². The Morgan fingerprint density at radius 3 is 2.59 bits per heavy atom. The molecule has 0 fully saturated rings. The predicted molar refractivity (Wildman–Crippen MR) is 72.5 cm³/mol. The van der Waals surface area contributed by atoms with Crippen LogP contribution < -0.4 is 5.73 Å². The number of halogens is 1. The molecule has 17 heavy (non-hydrogen) atoms. The maximum atomic E-state index is 5.84. The highest BCUT2D eigenvalue weighted by Crippen LogP contribution is 2.26. The molecule has 0 saturated carbocycles. The quantitative estimate of drug-likeness (QED) is 0.924. The van der Waals surface area contributed by atoms with E-state index in [4.69, 9.17) is 5.73 Å². The van der Waals surface area contributed by atoms with Gasteiger partial charge in [-0.1, -0.05) is 34.1 Å². The van der Waals surface area contributed by atoms with Crippen LogP contribution in [0.5, 0.6) is 0 Å². The number of hydrogen-bond acceptors (Lipinski definition) is 3. The summed E-state index contributed by atoms with van der Waals surface area (Å²) in [4.78, 5) is 8.88. The van der Waals surface area contributed by atoms with E-state index in [0.717, 1.165) is 27.1 Å². The molecule has 4 heteroatoms. The van der Waals surface area contributed by atoms with Crippen molar-refractivity contribution in [3.8, 4) is 11.4 Å². The van der Waals surface area contributed by atoms with E-state index in [1.165, 1.54) is 0 Å². The fraction of sp³-hybridized carbons (Fsp3) is 0.231. The third-order valence-electron chi connectivity index (χ3n) is 2.62. The van der Waals surface area contributed by atoms with Crippen LogP contribution in [0.25, 0.3) is 11.4 Å². The summed E-state index contributed by atoms with van der Waals surface area (Å²) in [5.74, 6) is 0.722. The Kier molecular flexibility index (Phi) is 3.54. The molecular formula is C13H14BrN3. The maximum absolute atomic E-state index is 5.84. The van der Waals surface area contributed by atoms with Crippen molar-refractivity contribution < 1.29 is 0 Å². The Morgan fingerprint density at radius 2 is 2.00 bits per heavy atom. The highest BCUT2D eigenvalue weighted by atomic mass is 79.9. The Balaban J connectivity index is 2.49. The fourth-order valence-corrected chi connectivity index (χ4v) is 2.16. The van der Waals surface area contributed by atoms with E-state index in [9.17, 15) is 0 Å². The molecular weight excluding hydrogens is 278 g/mol. The van der Waals surface area contributed by atoms with Gasteiger partial charge in [0, 0.05) is 33.5 Å². The van der Waals surface area contributed by atoms with Crippen molar-refractivity contribution in [3.05, 3.63) is 46.2 Å². The van der Waals surface area contributed by atoms with Crippen LogP contribution >= 0.6 is 15.9 Å². The van der Waals surface area contributed by atoms with Gasteiger partial charge < -0.3 is 5.73 Å². The normalized spacial score (nSPS) is 12.5. The van der Waals surface area contributed by atoms with Crippen LogP contribution in [0.2, 0.25) is 0 Å². The van der Waals surface area contributed by atoms with Gasteiger partial charge in [-0.3, -0.25) is 0 Å². The zero-order valence-corrected chi connectivity index (χ0v) is 11.4. The number of aryl methyl sites for hydroxylation is 1. The van der Waals surface area contributed by atoms with E-state index in [1.54, 1.807) is 0 Å². The van der Waals surface area contributed by atoms with Gasteiger partial charge in [0.1, 0.15) is 0 Å². The highest BCUT2D eigenvalue weighted by molar-refractivity contribution is 9.10. The van der Waals surface area contributed by atoms with Gasteiger partial charge in [-0.15, -0.1) is 0 Å². The van der Waals surface area contributed by atoms with E-state index in [-0.39, 0.29) is 6.04 Å². The molecule has 2 rings (SSSR count). The standard InChI is InChI=1S/C13H14BrN3/c1-8(15)11-7-16-13(17-9(11)2)10-5-3-4-6-12(10)14/h3-8H,15H2,1-2H3/t8-/m1/s1. The molecule has 0 unspecified atom stereocenters. The van der Waals surface area contributed by atoms with Crippen molar-refractivity contribution in [1.29, 1.82) is 0 Å². The van der Waals surface area contributed by atoms with E-state index >= 15 is 0 Å². The molecule has 1 aromatic carbocycles. The van der Waals surface area contributed by atoms with Crippen LogP contribution in [0.3, 0.4) is 0 Å². The molecule has 0 amide bonds. The lowest BCUT2D eigenvalue weighted by Gasteiger charge is -2.10. The molecule has 0 bridgehead atoms. The maximum Gasteiger partial charge on any atom is 0.160 e. The van der Waals surface area contributed by atoms with Gasteiger partial charge in [0.15, 0.2) is 5.82 Å². The van der Waals surface area contributed by atoms with E-state index < -0.39 is 0 Å². The zero-order chi connectivity index (χ0) is 12.4. The zero-order valence-electron chi connectivity index (χ0n) is 9.81. The summed E-state index contributed by atoms with van der Waals surface area (Å²) in [5.41, 5.74) is 8.75. The first-order valence-electron chi connectivity index (χ1n) is 5.43. The van der Waals surface area contributed by atoms with Crippen molar-refractivity contribution in [2.24, 2.45) is 5.73 Å². The molecule has 0 spiro atoms. The smallest absolute Gasteiger partial charge is 0.160 e. The summed E-state index contributed by atoms with van der Waals surface area (Å²) in [5, 5.41) is 0. The number of nitrogens with two attached hydrogens (primary N) is 1. The van der Waals surface area contributed by atoms with Crippen LogP contribution in [0, 0.1) is 6.92 Å². The molecule has 1 aromatic heterocycles. The van der Waals surface area contributed by atoms with Crippen molar-refractivity contribution in [2.75, 3.05) is 0 Å². The number of nitrogens with zero attached hydrogens (tertiary/aromatic N) is 2. The van der Waals surface area contributed by atoms with Crippen molar-refractivity contribution in [2.45, 2.75) is 19.9 Å². The minimum absolute atomic E-state index is 0.0386. The third-order valence-corrected chi connectivity index (χ3v) is 3.31. The second-order valence-electron chi connectivity index (χ2n) is 4.00. The summed E-state index contributed by atoms with van der Waals surface area (Å²) in [7, 11) is 0.